The fraction of sp³-hybridized carbons (Fsp3) is 0.267. The van der Waals surface area contributed by atoms with Gasteiger partial charge in [-0.15, -0.1) is 0 Å². The highest BCUT2D eigenvalue weighted by molar-refractivity contribution is 5.88. The molecule has 1 aromatic heterocycles. The molecule has 1 aliphatic heterocycles. The van der Waals surface area contributed by atoms with E-state index in [4.69, 9.17) is 9.84 Å². The second-order valence-corrected chi connectivity index (χ2v) is 4.99. The first kappa shape index (κ1) is 14.1. The fourth-order valence-corrected chi connectivity index (χ4v) is 2.39. The molecular formula is C15H15N3O4. The van der Waals surface area contributed by atoms with E-state index in [-0.39, 0.29) is 18.7 Å². The van der Waals surface area contributed by atoms with Gasteiger partial charge in [0.1, 0.15) is 12.2 Å². The lowest BCUT2D eigenvalue weighted by Crippen LogP contribution is -2.39. The van der Waals surface area contributed by atoms with Gasteiger partial charge in [0.15, 0.2) is 0 Å². The number of carbonyl (C=O) groups is 2. The summed E-state index contributed by atoms with van der Waals surface area (Å²) in [5.41, 5.74) is 1.56. The first-order chi connectivity index (χ1) is 10.6. The molecule has 2 aromatic rings. The Balaban J connectivity index is 1.65. The lowest BCUT2D eigenvalue weighted by atomic mass is 10.2. The van der Waals surface area contributed by atoms with Crippen LogP contribution in [0.4, 0.5) is 4.79 Å². The summed E-state index contributed by atoms with van der Waals surface area (Å²) in [5.74, 6) is -1.04. The van der Waals surface area contributed by atoms with Crippen molar-refractivity contribution in [1.29, 1.82) is 0 Å². The van der Waals surface area contributed by atoms with Gasteiger partial charge in [0, 0.05) is 6.54 Å². The molecule has 1 amide bonds. The zero-order chi connectivity index (χ0) is 15.5. The summed E-state index contributed by atoms with van der Waals surface area (Å²) in [6, 6.07) is 9.40. The minimum absolute atomic E-state index is 0.126. The molecule has 0 atom stereocenters. The molecule has 2 heterocycles. The summed E-state index contributed by atoms with van der Waals surface area (Å²) < 4.78 is 6.88. The quantitative estimate of drug-likeness (QED) is 0.933. The predicted molar refractivity (Wildman–Crippen MR) is 76.2 cm³/mol. The number of carboxylic acids is 1. The van der Waals surface area contributed by atoms with Crippen LogP contribution in [-0.4, -0.2) is 38.4 Å². The molecular weight excluding hydrogens is 286 g/mol. The highest BCUT2D eigenvalue weighted by atomic mass is 16.6. The van der Waals surface area contributed by atoms with Crippen LogP contribution < -0.4 is 0 Å². The molecule has 0 radical (unpaired) electrons. The number of aromatic nitrogens is 2. The predicted octanol–water partition coefficient (Wildman–Crippen LogP) is 1.73. The highest BCUT2D eigenvalue weighted by Crippen LogP contribution is 2.17. The maximum atomic E-state index is 12.1. The van der Waals surface area contributed by atoms with Gasteiger partial charge in [0.25, 0.3) is 0 Å². The molecule has 0 saturated heterocycles. The number of benzene rings is 1. The van der Waals surface area contributed by atoms with Gasteiger partial charge in [0.05, 0.1) is 25.0 Å². The van der Waals surface area contributed by atoms with Gasteiger partial charge in [-0.05, 0) is 5.56 Å². The Morgan fingerprint density at radius 2 is 2.00 bits per heavy atom. The number of carboxylic acid groups (broad SMARTS) is 1. The van der Waals surface area contributed by atoms with Crippen molar-refractivity contribution < 1.29 is 19.4 Å². The zero-order valence-corrected chi connectivity index (χ0v) is 11.8. The van der Waals surface area contributed by atoms with Gasteiger partial charge in [-0.25, -0.2) is 9.59 Å². The summed E-state index contributed by atoms with van der Waals surface area (Å²) >= 11 is 0. The van der Waals surface area contributed by atoms with Crippen LogP contribution in [0.1, 0.15) is 21.6 Å². The largest absolute Gasteiger partial charge is 0.478 e. The monoisotopic (exact) mass is 301 g/mol. The van der Waals surface area contributed by atoms with Crippen molar-refractivity contribution in [2.75, 3.05) is 6.54 Å². The summed E-state index contributed by atoms with van der Waals surface area (Å²) in [6.07, 6.45) is 0.865. The lowest BCUT2D eigenvalue weighted by molar-refractivity contribution is 0.0684. The Kier molecular flexibility index (Phi) is 3.78. The minimum atomic E-state index is -1.04. The molecule has 0 spiro atoms. The van der Waals surface area contributed by atoms with Crippen LogP contribution in [0.15, 0.2) is 36.5 Å². The Labute approximate surface area is 126 Å². The van der Waals surface area contributed by atoms with E-state index in [1.54, 1.807) is 4.68 Å². The van der Waals surface area contributed by atoms with E-state index in [1.165, 1.54) is 11.1 Å². The zero-order valence-electron chi connectivity index (χ0n) is 11.8. The summed E-state index contributed by atoms with van der Waals surface area (Å²) in [4.78, 5) is 24.7. The summed E-state index contributed by atoms with van der Waals surface area (Å²) in [7, 11) is 0. The number of rotatable bonds is 3. The Bertz CT molecular complexity index is 696. The Morgan fingerprint density at radius 1 is 1.23 bits per heavy atom. The lowest BCUT2D eigenvalue weighted by Gasteiger charge is -2.27. The number of fused-ring (bicyclic) bond motifs is 1. The molecule has 1 N–H and O–H groups in total. The molecule has 7 nitrogen and oxygen atoms in total. The normalized spacial score (nSPS) is 13.5. The number of hydrogen-bond acceptors (Lipinski definition) is 4. The smallest absolute Gasteiger partial charge is 0.410 e. The molecule has 0 saturated carbocycles. The Hall–Kier alpha value is -2.83. The molecule has 22 heavy (non-hydrogen) atoms. The van der Waals surface area contributed by atoms with Crippen LogP contribution in [0.3, 0.4) is 0 Å². The van der Waals surface area contributed by atoms with Crippen molar-refractivity contribution in [3.8, 4) is 0 Å². The van der Waals surface area contributed by atoms with Crippen molar-refractivity contribution in [1.82, 2.24) is 14.7 Å². The SMILES string of the molecule is O=C(O)c1cnn2c1CN(C(=O)OCc1ccccc1)CC2. The van der Waals surface area contributed by atoms with Crippen LogP contribution in [-0.2, 0) is 24.4 Å². The topological polar surface area (TPSA) is 84.7 Å². The van der Waals surface area contributed by atoms with Crippen LogP contribution in [0.25, 0.3) is 0 Å². The van der Waals surface area contributed by atoms with E-state index in [0.29, 0.717) is 18.8 Å². The van der Waals surface area contributed by atoms with Crippen LogP contribution in [0.5, 0.6) is 0 Å². The average molecular weight is 301 g/mol. The third-order valence-electron chi connectivity index (χ3n) is 3.56. The molecule has 0 fully saturated rings. The van der Waals surface area contributed by atoms with Crippen LogP contribution in [0.2, 0.25) is 0 Å². The fourth-order valence-electron chi connectivity index (χ4n) is 2.39. The van der Waals surface area contributed by atoms with E-state index < -0.39 is 12.1 Å². The number of aromatic carboxylic acids is 1. The van der Waals surface area contributed by atoms with E-state index in [9.17, 15) is 9.59 Å². The molecule has 0 aliphatic carbocycles. The van der Waals surface area contributed by atoms with E-state index in [1.807, 2.05) is 30.3 Å². The third-order valence-corrected chi connectivity index (χ3v) is 3.56. The first-order valence-electron chi connectivity index (χ1n) is 6.89. The number of nitrogens with zero attached hydrogens (tertiary/aromatic N) is 3. The van der Waals surface area contributed by atoms with Gasteiger partial charge < -0.3 is 14.7 Å². The number of carbonyl (C=O) groups excluding carboxylic acids is 1. The molecule has 3 rings (SSSR count). The van der Waals surface area contributed by atoms with Gasteiger partial charge in [-0.1, -0.05) is 30.3 Å². The van der Waals surface area contributed by atoms with Gasteiger partial charge in [-0.2, -0.15) is 5.10 Å². The van der Waals surface area contributed by atoms with Crippen molar-refractivity contribution in [2.45, 2.75) is 19.7 Å². The van der Waals surface area contributed by atoms with Crippen molar-refractivity contribution >= 4 is 12.1 Å². The second kappa shape index (κ2) is 5.88. The molecule has 1 aromatic carbocycles. The molecule has 114 valence electrons. The van der Waals surface area contributed by atoms with Crippen molar-refractivity contribution in [3.63, 3.8) is 0 Å². The Morgan fingerprint density at radius 3 is 2.73 bits per heavy atom. The van der Waals surface area contributed by atoms with Crippen LogP contribution >= 0.6 is 0 Å². The molecule has 0 bridgehead atoms. The van der Waals surface area contributed by atoms with Crippen LogP contribution in [0, 0.1) is 0 Å². The van der Waals surface area contributed by atoms with Crippen molar-refractivity contribution in [3.05, 3.63) is 53.3 Å². The second-order valence-electron chi connectivity index (χ2n) is 4.99. The van der Waals surface area contributed by atoms with Gasteiger partial charge in [0.2, 0.25) is 0 Å². The highest BCUT2D eigenvalue weighted by Gasteiger charge is 2.27. The number of amides is 1. The third kappa shape index (κ3) is 2.78. The van der Waals surface area contributed by atoms with E-state index in [2.05, 4.69) is 5.10 Å². The first-order valence-corrected chi connectivity index (χ1v) is 6.89. The summed E-state index contributed by atoms with van der Waals surface area (Å²) in [5, 5.41) is 13.1. The standard InChI is InChI=1S/C15H15N3O4/c19-14(20)12-8-16-18-7-6-17(9-13(12)18)15(21)22-10-11-4-2-1-3-5-11/h1-5,8H,6-7,9-10H2,(H,19,20). The number of hydrogen-bond donors (Lipinski definition) is 1. The van der Waals surface area contributed by atoms with Gasteiger partial charge >= 0.3 is 12.1 Å². The molecule has 1 aliphatic rings. The maximum Gasteiger partial charge on any atom is 0.410 e. The molecule has 0 unspecified atom stereocenters. The van der Waals surface area contributed by atoms with Gasteiger partial charge in [-0.3, -0.25) is 4.68 Å². The van der Waals surface area contributed by atoms with E-state index in [0.717, 1.165) is 5.56 Å². The van der Waals surface area contributed by atoms with Crippen molar-refractivity contribution in [2.24, 2.45) is 0 Å². The van der Waals surface area contributed by atoms with E-state index >= 15 is 0 Å². The minimum Gasteiger partial charge on any atom is -0.478 e. The average Bonchev–Trinajstić information content (AvgIpc) is 2.96. The summed E-state index contributed by atoms with van der Waals surface area (Å²) in [6.45, 7) is 1.29. The molecule has 7 heteroatoms. The maximum absolute atomic E-state index is 12.1. The number of ether oxygens (including phenoxy) is 1.